The van der Waals surface area contributed by atoms with Gasteiger partial charge in [-0.05, 0) is 23.8 Å². The maximum atomic E-state index is 12.7. The van der Waals surface area contributed by atoms with Crippen molar-refractivity contribution in [2.75, 3.05) is 0 Å². The van der Waals surface area contributed by atoms with E-state index in [4.69, 9.17) is 5.73 Å². The van der Waals surface area contributed by atoms with Crippen molar-refractivity contribution >= 4 is 22.7 Å². The van der Waals surface area contributed by atoms with Crippen LogP contribution in [0.2, 0.25) is 0 Å². The van der Waals surface area contributed by atoms with Crippen LogP contribution in [0, 0.1) is 11.3 Å². The molecule has 1 heterocycles. The third kappa shape index (κ3) is 3.52. The standard InChI is InChI=1S/C20H16N4O2/c21-12-14-6-2-1-5-13(14)11-18(19(22)25)24-20(26)16-9-10-23-17-8-4-3-7-15(16)17/h1-10,18H,11H2,(H2,22,25)(H,24,26)/t18-/m0/s1. The summed E-state index contributed by atoms with van der Waals surface area (Å²) >= 11 is 0. The fourth-order valence-corrected chi connectivity index (χ4v) is 2.78. The molecule has 2 aromatic carbocycles. The molecule has 0 saturated heterocycles. The average molecular weight is 344 g/mol. The van der Waals surface area contributed by atoms with E-state index in [0.29, 0.717) is 27.6 Å². The molecule has 0 unspecified atom stereocenters. The fourth-order valence-electron chi connectivity index (χ4n) is 2.78. The van der Waals surface area contributed by atoms with Crippen molar-refractivity contribution in [1.29, 1.82) is 5.26 Å². The summed E-state index contributed by atoms with van der Waals surface area (Å²) < 4.78 is 0. The minimum atomic E-state index is -0.927. The number of hydrogen-bond donors (Lipinski definition) is 2. The highest BCUT2D eigenvalue weighted by molar-refractivity contribution is 6.07. The van der Waals surface area contributed by atoms with Crippen molar-refractivity contribution in [3.63, 3.8) is 0 Å². The van der Waals surface area contributed by atoms with E-state index in [0.717, 1.165) is 0 Å². The van der Waals surface area contributed by atoms with E-state index in [9.17, 15) is 14.9 Å². The molecule has 0 radical (unpaired) electrons. The van der Waals surface area contributed by atoms with Crippen LogP contribution in [0.25, 0.3) is 10.9 Å². The maximum Gasteiger partial charge on any atom is 0.252 e. The van der Waals surface area contributed by atoms with Gasteiger partial charge >= 0.3 is 0 Å². The molecule has 0 fully saturated rings. The van der Waals surface area contributed by atoms with Crippen molar-refractivity contribution in [2.24, 2.45) is 5.73 Å². The predicted molar refractivity (Wildman–Crippen MR) is 97.1 cm³/mol. The van der Waals surface area contributed by atoms with Gasteiger partial charge in [-0.15, -0.1) is 0 Å². The molecule has 1 atom stereocenters. The van der Waals surface area contributed by atoms with Crippen LogP contribution < -0.4 is 11.1 Å². The molecule has 0 spiro atoms. The highest BCUT2D eigenvalue weighted by Crippen LogP contribution is 2.17. The molecular weight excluding hydrogens is 328 g/mol. The highest BCUT2D eigenvalue weighted by Gasteiger charge is 2.21. The molecule has 6 nitrogen and oxygen atoms in total. The molecule has 6 heteroatoms. The number of carbonyl (C=O) groups is 2. The van der Waals surface area contributed by atoms with Gasteiger partial charge in [0.1, 0.15) is 6.04 Å². The second-order valence-corrected chi connectivity index (χ2v) is 5.78. The van der Waals surface area contributed by atoms with Crippen molar-refractivity contribution in [3.8, 4) is 6.07 Å². The third-order valence-electron chi connectivity index (χ3n) is 4.10. The first-order valence-corrected chi connectivity index (χ1v) is 8.02. The normalized spacial score (nSPS) is 11.5. The van der Waals surface area contributed by atoms with Gasteiger partial charge in [0.2, 0.25) is 5.91 Å². The number of aromatic nitrogens is 1. The summed E-state index contributed by atoms with van der Waals surface area (Å²) in [6, 6.07) is 16.9. The molecule has 0 aliphatic heterocycles. The lowest BCUT2D eigenvalue weighted by Gasteiger charge is -2.17. The van der Waals surface area contributed by atoms with Crippen LogP contribution in [0.3, 0.4) is 0 Å². The fraction of sp³-hybridized carbons (Fsp3) is 0.100. The number of nitrogens with zero attached hydrogens (tertiary/aromatic N) is 2. The Labute approximate surface area is 150 Å². The van der Waals surface area contributed by atoms with Crippen LogP contribution in [-0.2, 0) is 11.2 Å². The predicted octanol–water partition coefficient (Wildman–Crippen LogP) is 1.93. The number of rotatable bonds is 5. The number of benzene rings is 2. The topological polar surface area (TPSA) is 109 Å². The molecule has 3 rings (SSSR count). The van der Waals surface area contributed by atoms with Gasteiger partial charge in [0, 0.05) is 18.0 Å². The zero-order valence-corrected chi connectivity index (χ0v) is 13.8. The Morgan fingerprint density at radius 3 is 2.62 bits per heavy atom. The zero-order valence-electron chi connectivity index (χ0n) is 13.8. The Kier molecular flexibility index (Phi) is 4.90. The number of nitrogens with one attached hydrogen (secondary N) is 1. The molecule has 3 aromatic rings. The molecular formula is C20H16N4O2. The zero-order chi connectivity index (χ0) is 18.5. The second kappa shape index (κ2) is 7.45. The van der Waals surface area contributed by atoms with Gasteiger partial charge in [0.15, 0.2) is 0 Å². The first-order valence-electron chi connectivity index (χ1n) is 8.02. The Balaban J connectivity index is 1.87. The van der Waals surface area contributed by atoms with Gasteiger partial charge in [0.25, 0.3) is 5.91 Å². The molecule has 26 heavy (non-hydrogen) atoms. The van der Waals surface area contributed by atoms with Gasteiger partial charge in [-0.25, -0.2) is 0 Å². The van der Waals surface area contributed by atoms with Crippen LogP contribution in [0.4, 0.5) is 0 Å². The molecule has 1 aromatic heterocycles. The van der Waals surface area contributed by atoms with Crippen molar-refractivity contribution in [2.45, 2.75) is 12.5 Å². The van der Waals surface area contributed by atoms with Gasteiger partial charge < -0.3 is 11.1 Å². The number of fused-ring (bicyclic) bond motifs is 1. The summed E-state index contributed by atoms with van der Waals surface area (Å²) in [4.78, 5) is 28.8. The molecule has 0 aliphatic carbocycles. The summed E-state index contributed by atoms with van der Waals surface area (Å²) in [6.07, 6.45) is 1.69. The first-order chi connectivity index (χ1) is 12.6. The summed E-state index contributed by atoms with van der Waals surface area (Å²) in [5.74, 6) is -1.08. The van der Waals surface area contributed by atoms with Crippen LogP contribution in [0.15, 0.2) is 60.8 Å². The van der Waals surface area contributed by atoms with Crippen LogP contribution >= 0.6 is 0 Å². The number of hydrogen-bond acceptors (Lipinski definition) is 4. The van der Waals surface area contributed by atoms with Gasteiger partial charge in [0.05, 0.1) is 22.7 Å². The number of primary amides is 1. The van der Waals surface area contributed by atoms with E-state index >= 15 is 0 Å². The quantitative estimate of drug-likeness (QED) is 0.737. The lowest BCUT2D eigenvalue weighted by atomic mass is 10.00. The van der Waals surface area contributed by atoms with E-state index < -0.39 is 17.9 Å². The molecule has 0 bridgehead atoms. The van der Waals surface area contributed by atoms with E-state index in [1.165, 1.54) is 0 Å². The molecule has 3 N–H and O–H groups in total. The average Bonchev–Trinajstić information content (AvgIpc) is 2.67. The van der Waals surface area contributed by atoms with Crippen LogP contribution in [0.1, 0.15) is 21.5 Å². The summed E-state index contributed by atoms with van der Waals surface area (Å²) in [7, 11) is 0. The van der Waals surface area contributed by atoms with Crippen molar-refractivity contribution < 1.29 is 9.59 Å². The Morgan fingerprint density at radius 1 is 1.12 bits per heavy atom. The Bertz CT molecular complexity index is 1020. The highest BCUT2D eigenvalue weighted by atomic mass is 16.2. The van der Waals surface area contributed by atoms with Crippen LogP contribution in [0.5, 0.6) is 0 Å². The van der Waals surface area contributed by atoms with E-state index in [1.807, 2.05) is 12.1 Å². The Morgan fingerprint density at radius 2 is 1.85 bits per heavy atom. The number of nitriles is 1. The smallest absolute Gasteiger partial charge is 0.252 e. The largest absolute Gasteiger partial charge is 0.368 e. The van der Waals surface area contributed by atoms with E-state index in [-0.39, 0.29) is 6.42 Å². The second-order valence-electron chi connectivity index (χ2n) is 5.78. The van der Waals surface area contributed by atoms with Crippen LogP contribution in [-0.4, -0.2) is 22.8 Å². The lowest BCUT2D eigenvalue weighted by molar-refractivity contribution is -0.119. The van der Waals surface area contributed by atoms with Crippen molar-refractivity contribution in [1.82, 2.24) is 10.3 Å². The van der Waals surface area contributed by atoms with Gasteiger partial charge in [-0.2, -0.15) is 5.26 Å². The SMILES string of the molecule is N#Cc1ccccc1C[C@H](NC(=O)c1ccnc2ccccc12)C(N)=O. The van der Waals surface area contributed by atoms with E-state index in [1.54, 1.807) is 48.7 Å². The summed E-state index contributed by atoms with van der Waals surface area (Å²) in [5, 5.41) is 12.5. The number of para-hydroxylation sites is 1. The minimum absolute atomic E-state index is 0.147. The minimum Gasteiger partial charge on any atom is -0.368 e. The first kappa shape index (κ1) is 17.1. The maximum absolute atomic E-state index is 12.7. The lowest BCUT2D eigenvalue weighted by Crippen LogP contribution is -2.46. The van der Waals surface area contributed by atoms with E-state index in [2.05, 4.69) is 16.4 Å². The number of nitrogens with two attached hydrogens (primary N) is 1. The molecule has 0 aliphatic rings. The van der Waals surface area contributed by atoms with Crippen molar-refractivity contribution in [3.05, 3.63) is 77.5 Å². The Hall–Kier alpha value is -3.72. The third-order valence-corrected chi connectivity index (χ3v) is 4.10. The number of pyridine rings is 1. The summed E-state index contributed by atoms with van der Waals surface area (Å²) in [6.45, 7) is 0. The summed E-state index contributed by atoms with van der Waals surface area (Å²) in [5.41, 5.74) is 7.66. The van der Waals surface area contributed by atoms with Gasteiger partial charge in [-0.1, -0.05) is 36.4 Å². The molecule has 2 amide bonds. The molecule has 128 valence electrons. The number of amides is 2. The monoisotopic (exact) mass is 344 g/mol. The van der Waals surface area contributed by atoms with Gasteiger partial charge in [-0.3, -0.25) is 14.6 Å². The number of carbonyl (C=O) groups excluding carboxylic acids is 2. The molecule has 0 saturated carbocycles.